The Hall–Kier alpha value is -2.31. The van der Waals surface area contributed by atoms with E-state index in [0.717, 1.165) is 43.5 Å². The standard InChI is InChI=1S/C15H18N4O3/c20-14-8-10(9-4-5-9)16-13-7-11(17-19(13)14)12-3-1-2-6-18(12)15(21)22/h7-9,12,17H,1-6H2,(H,21,22)/t12-/m0/s1. The van der Waals surface area contributed by atoms with Crippen LogP contribution in [0.1, 0.15) is 55.5 Å². The Morgan fingerprint density at radius 1 is 1.27 bits per heavy atom. The molecule has 0 aromatic carbocycles. The van der Waals surface area contributed by atoms with Crippen LogP contribution in [0.15, 0.2) is 16.9 Å². The molecule has 1 saturated heterocycles. The minimum atomic E-state index is -0.915. The summed E-state index contributed by atoms with van der Waals surface area (Å²) in [6.07, 6.45) is 3.91. The molecule has 4 rings (SSSR count). The summed E-state index contributed by atoms with van der Waals surface area (Å²) < 4.78 is 1.41. The van der Waals surface area contributed by atoms with Gasteiger partial charge in [-0.3, -0.25) is 14.8 Å². The Bertz CT molecular complexity index is 790. The lowest BCUT2D eigenvalue weighted by atomic mass is 10.00. The van der Waals surface area contributed by atoms with Crippen molar-refractivity contribution in [1.82, 2.24) is 19.5 Å². The molecule has 2 aliphatic rings. The van der Waals surface area contributed by atoms with Gasteiger partial charge in [-0.2, -0.15) is 0 Å². The summed E-state index contributed by atoms with van der Waals surface area (Å²) in [5.74, 6) is 0.418. The van der Waals surface area contributed by atoms with Crippen LogP contribution in [0.2, 0.25) is 0 Å². The Kier molecular flexibility index (Phi) is 2.95. The lowest BCUT2D eigenvalue weighted by molar-refractivity contribution is 0.105. The molecule has 0 unspecified atom stereocenters. The number of H-pyrrole nitrogens is 1. The van der Waals surface area contributed by atoms with Crippen molar-refractivity contribution >= 4 is 11.7 Å². The van der Waals surface area contributed by atoms with E-state index in [1.165, 1.54) is 9.42 Å². The van der Waals surface area contributed by atoms with E-state index < -0.39 is 6.09 Å². The van der Waals surface area contributed by atoms with Gasteiger partial charge in [0, 0.05) is 24.6 Å². The van der Waals surface area contributed by atoms with Crippen molar-refractivity contribution in [2.45, 2.75) is 44.1 Å². The second-order valence-corrected chi connectivity index (χ2v) is 6.19. The van der Waals surface area contributed by atoms with E-state index in [1.54, 1.807) is 6.07 Å². The summed E-state index contributed by atoms with van der Waals surface area (Å²) in [6.45, 7) is 0.533. The van der Waals surface area contributed by atoms with Crippen molar-refractivity contribution in [2.24, 2.45) is 0 Å². The van der Waals surface area contributed by atoms with Gasteiger partial charge in [-0.15, -0.1) is 0 Å². The average Bonchev–Trinajstić information content (AvgIpc) is 3.26. The van der Waals surface area contributed by atoms with Crippen LogP contribution < -0.4 is 5.56 Å². The van der Waals surface area contributed by atoms with Crippen LogP contribution >= 0.6 is 0 Å². The van der Waals surface area contributed by atoms with E-state index in [-0.39, 0.29) is 11.6 Å². The highest BCUT2D eigenvalue weighted by molar-refractivity contribution is 5.66. The summed E-state index contributed by atoms with van der Waals surface area (Å²) in [6, 6.07) is 3.18. The average molecular weight is 302 g/mol. The molecule has 7 heteroatoms. The van der Waals surface area contributed by atoms with Gasteiger partial charge in [-0.05, 0) is 32.1 Å². The number of hydrogen-bond acceptors (Lipinski definition) is 3. The molecule has 1 saturated carbocycles. The first kappa shape index (κ1) is 13.4. The predicted molar refractivity (Wildman–Crippen MR) is 79.1 cm³/mol. The number of hydrogen-bond donors (Lipinski definition) is 2. The third-order valence-corrected chi connectivity index (χ3v) is 4.59. The second-order valence-electron chi connectivity index (χ2n) is 6.19. The van der Waals surface area contributed by atoms with E-state index in [9.17, 15) is 14.7 Å². The summed E-state index contributed by atoms with van der Waals surface area (Å²) in [5.41, 5.74) is 2.06. The fourth-order valence-corrected chi connectivity index (χ4v) is 3.27. The van der Waals surface area contributed by atoms with Gasteiger partial charge in [0.2, 0.25) is 0 Å². The van der Waals surface area contributed by atoms with Crippen molar-refractivity contribution in [3.63, 3.8) is 0 Å². The lowest BCUT2D eigenvalue weighted by Gasteiger charge is -2.32. The van der Waals surface area contributed by atoms with Gasteiger partial charge in [0.05, 0.1) is 17.4 Å². The van der Waals surface area contributed by atoms with Crippen molar-refractivity contribution in [3.05, 3.63) is 33.9 Å². The van der Waals surface area contributed by atoms with Gasteiger partial charge in [0.15, 0.2) is 5.65 Å². The van der Waals surface area contributed by atoms with E-state index in [2.05, 4.69) is 10.1 Å². The molecule has 3 heterocycles. The smallest absolute Gasteiger partial charge is 0.407 e. The first-order chi connectivity index (χ1) is 10.6. The molecule has 1 aliphatic carbocycles. The number of nitrogens with zero attached hydrogens (tertiary/aromatic N) is 3. The zero-order valence-electron chi connectivity index (χ0n) is 12.2. The highest BCUT2D eigenvalue weighted by atomic mass is 16.4. The molecule has 0 bridgehead atoms. The molecule has 2 fully saturated rings. The van der Waals surface area contributed by atoms with Gasteiger partial charge in [-0.25, -0.2) is 14.3 Å². The first-order valence-electron chi connectivity index (χ1n) is 7.75. The van der Waals surface area contributed by atoms with Crippen LogP contribution in [-0.4, -0.2) is 37.2 Å². The van der Waals surface area contributed by atoms with E-state index in [4.69, 9.17) is 0 Å². The third-order valence-electron chi connectivity index (χ3n) is 4.59. The van der Waals surface area contributed by atoms with Gasteiger partial charge in [0.25, 0.3) is 5.56 Å². The predicted octanol–water partition coefficient (Wildman–Crippen LogP) is 2.10. The second kappa shape index (κ2) is 4.86. The minimum absolute atomic E-state index is 0.129. The summed E-state index contributed by atoms with van der Waals surface area (Å²) in [5, 5.41) is 12.4. The molecular weight excluding hydrogens is 284 g/mol. The van der Waals surface area contributed by atoms with Crippen LogP contribution in [0, 0.1) is 0 Å². The molecule has 116 valence electrons. The Balaban J connectivity index is 1.76. The molecule has 22 heavy (non-hydrogen) atoms. The molecule has 2 N–H and O–H groups in total. The Morgan fingerprint density at radius 3 is 2.82 bits per heavy atom. The fraction of sp³-hybridized carbons (Fsp3) is 0.533. The van der Waals surface area contributed by atoms with Gasteiger partial charge in [-0.1, -0.05) is 0 Å². The Morgan fingerprint density at radius 2 is 2.09 bits per heavy atom. The number of piperidine rings is 1. The molecule has 1 amide bonds. The lowest BCUT2D eigenvalue weighted by Crippen LogP contribution is -2.37. The molecule has 2 aromatic rings. The molecule has 2 aromatic heterocycles. The van der Waals surface area contributed by atoms with E-state index in [1.807, 2.05) is 6.07 Å². The minimum Gasteiger partial charge on any atom is -0.465 e. The van der Waals surface area contributed by atoms with Crippen LogP contribution in [0.25, 0.3) is 5.65 Å². The molecule has 0 spiro atoms. The van der Waals surface area contributed by atoms with Gasteiger partial charge < -0.3 is 5.11 Å². The van der Waals surface area contributed by atoms with Gasteiger partial charge in [0.1, 0.15) is 0 Å². The van der Waals surface area contributed by atoms with Crippen molar-refractivity contribution in [2.75, 3.05) is 6.54 Å². The van der Waals surface area contributed by atoms with Crippen molar-refractivity contribution in [1.29, 1.82) is 0 Å². The summed E-state index contributed by atoms with van der Waals surface area (Å²) >= 11 is 0. The normalized spacial score (nSPS) is 22.2. The van der Waals surface area contributed by atoms with Crippen LogP contribution in [0.3, 0.4) is 0 Å². The maximum absolute atomic E-state index is 12.2. The number of amides is 1. The summed E-state index contributed by atoms with van der Waals surface area (Å²) in [7, 11) is 0. The quantitative estimate of drug-likeness (QED) is 0.889. The Labute approximate surface area is 126 Å². The number of fused-ring (bicyclic) bond motifs is 1. The highest BCUT2D eigenvalue weighted by Gasteiger charge is 2.30. The fourth-order valence-electron chi connectivity index (χ4n) is 3.27. The van der Waals surface area contributed by atoms with Crippen LogP contribution in [-0.2, 0) is 0 Å². The number of likely N-dealkylation sites (tertiary alicyclic amines) is 1. The molecule has 7 nitrogen and oxygen atoms in total. The van der Waals surface area contributed by atoms with Crippen LogP contribution in [0.5, 0.6) is 0 Å². The number of nitrogens with one attached hydrogen (secondary N) is 1. The number of aromatic amines is 1. The van der Waals surface area contributed by atoms with E-state index >= 15 is 0 Å². The first-order valence-corrected chi connectivity index (χ1v) is 7.75. The number of carboxylic acid groups (broad SMARTS) is 1. The van der Waals surface area contributed by atoms with Crippen LogP contribution in [0.4, 0.5) is 4.79 Å². The maximum Gasteiger partial charge on any atom is 0.407 e. The van der Waals surface area contributed by atoms with Crippen molar-refractivity contribution < 1.29 is 9.90 Å². The largest absolute Gasteiger partial charge is 0.465 e. The number of carbonyl (C=O) groups is 1. The molecule has 1 aliphatic heterocycles. The monoisotopic (exact) mass is 302 g/mol. The van der Waals surface area contributed by atoms with Gasteiger partial charge >= 0.3 is 6.09 Å². The zero-order chi connectivity index (χ0) is 15.3. The maximum atomic E-state index is 12.2. The topological polar surface area (TPSA) is 90.7 Å². The zero-order valence-corrected chi connectivity index (χ0v) is 12.2. The number of aromatic nitrogens is 3. The molecule has 1 atom stereocenters. The van der Waals surface area contributed by atoms with E-state index in [0.29, 0.717) is 18.1 Å². The summed E-state index contributed by atoms with van der Waals surface area (Å²) in [4.78, 5) is 29.6. The third kappa shape index (κ3) is 2.17. The molecular formula is C15H18N4O3. The SMILES string of the molecule is O=C(O)N1CCCC[C@H]1c1cc2nc(C3CC3)cc(=O)n2[nH]1. The van der Waals surface area contributed by atoms with Crippen molar-refractivity contribution in [3.8, 4) is 0 Å². The highest BCUT2D eigenvalue weighted by Crippen LogP contribution is 2.38. The molecule has 0 radical (unpaired) electrons. The number of rotatable bonds is 2.